The van der Waals surface area contributed by atoms with E-state index in [4.69, 9.17) is 0 Å². The lowest BCUT2D eigenvalue weighted by molar-refractivity contribution is 0.197. The summed E-state index contributed by atoms with van der Waals surface area (Å²) in [4.78, 5) is 28.6. The van der Waals surface area contributed by atoms with Crippen LogP contribution in [-0.4, -0.2) is 57.2 Å². The number of likely N-dealkylation sites (N-methyl/N-ethyl adjacent to an activating group) is 1. The van der Waals surface area contributed by atoms with Gasteiger partial charge in [0, 0.05) is 42.8 Å². The lowest BCUT2D eigenvalue weighted by Gasteiger charge is -2.19. The zero-order valence-corrected chi connectivity index (χ0v) is 20.5. The Morgan fingerprint density at radius 2 is 2.09 bits per heavy atom. The Labute approximate surface area is 205 Å². The third-order valence-electron chi connectivity index (χ3n) is 5.14. The lowest BCUT2D eigenvalue weighted by Crippen LogP contribution is -2.26. The lowest BCUT2D eigenvalue weighted by atomic mass is 10.2. The highest BCUT2D eigenvalue weighted by atomic mass is 32.1. The fraction of sp³-hybridized carbons (Fsp3) is 0.304. The van der Waals surface area contributed by atoms with Crippen LogP contribution in [0.3, 0.4) is 0 Å². The van der Waals surface area contributed by atoms with Crippen LogP contribution in [-0.2, 0) is 13.0 Å². The van der Waals surface area contributed by atoms with Gasteiger partial charge in [-0.1, -0.05) is 19.1 Å². The van der Waals surface area contributed by atoms with Crippen LogP contribution in [0.15, 0.2) is 48.2 Å². The number of thiazole rings is 1. The van der Waals surface area contributed by atoms with Crippen molar-refractivity contribution in [2.45, 2.75) is 19.9 Å². The summed E-state index contributed by atoms with van der Waals surface area (Å²) in [7, 11) is 0. The largest absolute Gasteiger partial charge is 0.395 e. The minimum atomic E-state index is -0.333. The van der Waals surface area contributed by atoms with Crippen molar-refractivity contribution in [1.82, 2.24) is 19.9 Å². The summed E-state index contributed by atoms with van der Waals surface area (Å²) in [6.45, 7) is 5.06. The van der Waals surface area contributed by atoms with Crippen molar-refractivity contribution in [1.29, 1.82) is 0 Å². The van der Waals surface area contributed by atoms with Crippen molar-refractivity contribution in [2.24, 2.45) is 0 Å². The van der Waals surface area contributed by atoms with E-state index in [2.05, 4.69) is 42.7 Å². The molecule has 0 aliphatic rings. The van der Waals surface area contributed by atoms with Gasteiger partial charge in [-0.05, 0) is 35.7 Å². The standard InChI is InChI=1S/C23H27N7O2S2/c1-2-30(9-10-31)14-16-4-3-5-17(12-16)28-22(32)29-23-25-13-18(34-23)6-8-24-21-20-19(7-11-33-20)26-15-27-21/h3-5,7,11-13,15,31H,2,6,8-10,14H2,1H3,(H,24,26,27)(H2,25,28,29,32). The summed E-state index contributed by atoms with van der Waals surface area (Å²) in [6, 6.07) is 9.35. The molecule has 0 aliphatic heterocycles. The van der Waals surface area contributed by atoms with Crippen LogP contribution in [0.5, 0.6) is 0 Å². The molecule has 11 heteroatoms. The summed E-state index contributed by atoms with van der Waals surface area (Å²) in [5, 5.41) is 20.8. The van der Waals surface area contributed by atoms with Crippen molar-refractivity contribution < 1.29 is 9.90 Å². The van der Waals surface area contributed by atoms with E-state index in [1.54, 1.807) is 23.9 Å². The molecule has 178 valence electrons. The Hall–Kier alpha value is -3.12. The van der Waals surface area contributed by atoms with Crippen molar-refractivity contribution in [3.8, 4) is 0 Å². The molecule has 0 fully saturated rings. The molecule has 3 aromatic heterocycles. The van der Waals surface area contributed by atoms with Crippen LogP contribution < -0.4 is 16.0 Å². The van der Waals surface area contributed by atoms with Gasteiger partial charge in [-0.3, -0.25) is 10.2 Å². The predicted octanol–water partition coefficient (Wildman–Crippen LogP) is 4.26. The van der Waals surface area contributed by atoms with Crippen LogP contribution >= 0.6 is 22.7 Å². The summed E-state index contributed by atoms with van der Waals surface area (Å²) in [5.41, 5.74) is 2.72. The molecule has 0 unspecified atom stereocenters. The van der Waals surface area contributed by atoms with E-state index in [0.717, 1.165) is 39.4 Å². The molecule has 0 aliphatic carbocycles. The first-order chi connectivity index (χ1) is 16.6. The number of aromatic nitrogens is 3. The van der Waals surface area contributed by atoms with Crippen molar-refractivity contribution >= 4 is 55.6 Å². The minimum Gasteiger partial charge on any atom is -0.395 e. The first-order valence-electron chi connectivity index (χ1n) is 11.0. The van der Waals surface area contributed by atoms with Gasteiger partial charge in [0.15, 0.2) is 5.13 Å². The van der Waals surface area contributed by atoms with Crippen LogP contribution in [0.1, 0.15) is 17.4 Å². The van der Waals surface area contributed by atoms with Crippen molar-refractivity contribution in [3.05, 3.63) is 58.7 Å². The van der Waals surface area contributed by atoms with Crippen molar-refractivity contribution in [2.75, 3.05) is 42.2 Å². The number of nitrogens with one attached hydrogen (secondary N) is 3. The number of nitrogens with zero attached hydrogens (tertiary/aromatic N) is 4. The molecule has 0 saturated carbocycles. The van der Waals surface area contributed by atoms with Crippen LogP contribution in [0.25, 0.3) is 10.2 Å². The molecule has 0 saturated heterocycles. The second-order valence-corrected chi connectivity index (χ2v) is 9.57. The highest BCUT2D eigenvalue weighted by molar-refractivity contribution is 7.17. The van der Waals surface area contributed by atoms with E-state index in [9.17, 15) is 9.90 Å². The van der Waals surface area contributed by atoms with Gasteiger partial charge >= 0.3 is 6.03 Å². The summed E-state index contributed by atoms with van der Waals surface area (Å²) in [6.07, 6.45) is 4.11. The molecule has 34 heavy (non-hydrogen) atoms. The average Bonchev–Trinajstić information content (AvgIpc) is 3.49. The molecule has 0 radical (unpaired) electrons. The number of hydrogen-bond donors (Lipinski definition) is 4. The van der Waals surface area contributed by atoms with Gasteiger partial charge in [-0.2, -0.15) is 0 Å². The van der Waals surface area contributed by atoms with Gasteiger partial charge in [0.25, 0.3) is 0 Å². The number of anilines is 3. The zero-order chi connectivity index (χ0) is 23.8. The molecule has 4 rings (SSSR count). The second kappa shape index (κ2) is 11.8. The smallest absolute Gasteiger partial charge is 0.325 e. The number of amides is 2. The molecule has 9 nitrogen and oxygen atoms in total. The monoisotopic (exact) mass is 497 g/mol. The van der Waals surface area contributed by atoms with E-state index < -0.39 is 0 Å². The first kappa shape index (κ1) is 24.0. The number of thiophene rings is 1. The second-order valence-electron chi connectivity index (χ2n) is 7.54. The highest BCUT2D eigenvalue weighted by Crippen LogP contribution is 2.25. The number of carbonyl (C=O) groups is 1. The molecule has 4 aromatic rings. The number of fused-ring (bicyclic) bond motifs is 1. The topological polar surface area (TPSA) is 115 Å². The Kier molecular flexibility index (Phi) is 8.36. The molecule has 2 amide bonds. The third kappa shape index (κ3) is 6.48. The van der Waals surface area contributed by atoms with Crippen molar-refractivity contribution in [3.63, 3.8) is 0 Å². The molecule has 3 heterocycles. The van der Waals surface area contributed by atoms with Crippen LogP contribution in [0.2, 0.25) is 0 Å². The molecule has 0 bridgehead atoms. The minimum absolute atomic E-state index is 0.124. The molecule has 1 aromatic carbocycles. The maximum atomic E-state index is 12.5. The maximum absolute atomic E-state index is 12.5. The molecular weight excluding hydrogens is 470 g/mol. The van der Waals surface area contributed by atoms with Gasteiger partial charge in [0.1, 0.15) is 12.1 Å². The maximum Gasteiger partial charge on any atom is 0.325 e. The Morgan fingerprint density at radius 3 is 2.94 bits per heavy atom. The number of aliphatic hydroxyl groups is 1. The number of aliphatic hydroxyl groups excluding tert-OH is 1. The third-order valence-corrected chi connectivity index (χ3v) is 7.02. The van der Waals surface area contributed by atoms with E-state index >= 15 is 0 Å². The first-order valence-corrected chi connectivity index (χ1v) is 12.7. The normalized spacial score (nSPS) is 11.1. The van der Waals surface area contributed by atoms with Gasteiger partial charge in [-0.15, -0.1) is 22.7 Å². The number of carbonyl (C=O) groups excluding carboxylic acids is 1. The molecule has 4 N–H and O–H groups in total. The summed E-state index contributed by atoms with van der Waals surface area (Å²) in [5.74, 6) is 0.836. The van der Waals surface area contributed by atoms with Gasteiger partial charge in [-0.25, -0.2) is 19.7 Å². The van der Waals surface area contributed by atoms with E-state index in [0.29, 0.717) is 30.5 Å². The van der Waals surface area contributed by atoms with Gasteiger partial charge < -0.3 is 15.7 Å². The average molecular weight is 498 g/mol. The van der Waals surface area contributed by atoms with Crippen LogP contribution in [0, 0.1) is 0 Å². The molecule has 0 atom stereocenters. The highest BCUT2D eigenvalue weighted by Gasteiger charge is 2.10. The number of benzene rings is 1. The number of hydrogen-bond acceptors (Lipinski definition) is 9. The zero-order valence-electron chi connectivity index (χ0n) is 18.8. The fourth-order valence-electron chi connectivity index (χ4n) is 3.46. The summed E-state index contributed by atoms with van der Waals surface area (Å²) >= 11 is 3.06. The van der Waals surface area contributed by atoms with E-state index in [1.807, 2.05) is 35.7 Å². The number of urea groups is 1. The van der Waals surface area contributed by atoms with E-state index in [1.165, 1.54) is 11.3 Å². The van der Waals surface area contributed by atoms with Gasteiger partial charge in [0.2, 0.25) is 0 Å². The Morgan fingerprint density at radius 1 is 1.18 bits per heavy atom. The summed E-state index contributed by atoms with van der Waals surface area (Å²) < 4.78 is 1.05. The predicted molar refractivity (Wildman–Crippen MR) is 139 cm³/mol. The quantitative estimate of drug-likeness (QED) is 0.245. The Balaban J connectivity index is 1.26. The van der Waals surface area contributed by atoms with Gasteiger partial charge in [0.05, 0.1) is 16.8 Å². The SMILES string of the molecule is CCN(CCO)Cc1cccc(NC(=O)Nc2ncc(CCNc3ncnc4ccsc34)s2)c1. The Bertz CT molecular complexity index is 1230. The fourth-order valence-corrected chi connectivity index (χ4v) is 5.07. The van der Waals surface area contributed by atoms with E-state index in [-0.39, 0.29) is 12.6 Å². The molecular formula is C23H27N7O2S2. The van der Waals surface area contributed by atoms with Crippen LogP contribution in [0.4, 0.5) is 21.4 Å². The molecule has 0 spiro atoms. The number of rotatable bonds is 11.